The van der Waals surface area contributed by atoms with Crippen LogP contribution in [0.25, 0.3) is 0 Å². The maximum Gasteiger partial charge on any atom is 0.141 e. The Balaban J connectivity index is 2.12. The molecule has 0 aliphatic heterocycles. The van der Waals surface area contributed by atoms with Gasteiger partial charge in [-0.25, -0.2) is 4.39 Å². The molecule has 1 nitrogen and oxygen atoms in total. The van der Waals surface area contributed by atoms with E-state index in [0.717, 1.165) is 10.4 Å². The van der Waals surface area contributed by atoms with Crippen molar-refractivity contribution in [1.29, 1.82) is 0 Å². The number of nitrogens with two attached hydrogens (primary N) is 1. The summed E-state index contributed by atoms with van der Waals surface area (Å²) in [6.45, 7) is 2.05. The first-order chi connectivity index (χ1) is 8.06. The standard InChI is InChI=1S/C13H13ClFNS/c1-8-2-5-13(17-8)12(16)7-9-3-4-11(15)10(14)6-9/h2-6,12H,7,16H2,1H3. The highest BCUT2D eigenvalue weighted by molar-refractivity contribution is 7.12. The summed E-state index contributed by atoms with van der Waals surface area (Å²) in [5.41, 5.74) is 7.06. The molecule has 90 valence electrons. The van der Waals surface area contributed by atoms with E-state index in [1.807, 2.05) is 6.07 Å². The highest BCUT2D eigenvalue weighted by atomic mass is 35.5. The van der Waals surface area contributed by atoms with Crippen molar-refractivity contribution in [2.45, 2.75) is 19.4 Å². The maximum atomic E-state index is 13.0. The van der Waals surface area contributed by atoms with Gasteiger partial charge in [-0.05, 0) is 43.2 Å². The molecule has 0 amide bonds. The van der Waals surface area contributed by atoms with Crippen molar-refractivity contribution in [2.24, 2.45) is 5.73 Å². The summed E-state index contributed by atoms with van der Waals surface area (Å²) in [6, 6.07) is 8.77. The molecule has 0 radical (unpaired) electrons. The van der Waals surface area contributed by atoms with Crippen LogP contribution >= 0.6 is 22.9 Å². The van der Waals surface area contributed by atoms with Crippen LogP contribution in [-0.4, -0.2) is 0 Å². The summed E-state index contributed by atoms with van der Waals surface area (Å²) in [7, 11) is 0. The van der Waals surface area contributed by atoms with Gasteiger partial charge in [-0.1, -0.05) is 17.7 Å². The van der Waals surface area contributed by atoms with Crippen LogP contribution in [0, 0.1) is 12.7 Å². The third-order valence-corrected chi connectivity index (χ3v) is 3.99. The summed E-state index contributed by atoms with van der Waals surface area (Å²) in [5.74, 6) is -0.393. The predicted octanol–water partition coefficient (Wildman–Crippen LogP) is 4.09. The SMILES string of the molecule is Cc1ccc(C(N)Cc2ccc(F)c(Cl)c2)s1. The van der Waals surface area contributed by atoms with Crippen molar-refractivity contribution in [2.75, 3.05) is 0 Å². The van der Waals surface area contributed by atoms with Gasteiger partial charge in [0.15, 0.2) is 0 Å². The van der Waals surface area contributed by atoms with Gasteiger partial charge in [0.25, 0.3) is 0 Å². The van der Waals surface area contributed by atoms with Crippen LogP contribution in [0.15, 0.2) is 30.3 Å². The Bertz CT molecular complexity index is 524. The monoisotopic (exact) mass is 269 g/mol. The third-order valence-electron chi connectivity index (χ3n) is 2.57. The van der Waals surface area contributed by atoms with Crippen molar-refractivity contribution in [3.63, 3.8) is 0 Å². The lowest BCUT2D eigenvalue weighted by Crippen LogP contribution is -2.11. The van der Waals surface area contributed by atoms with Crippen LogP contribution in [0.2, 0.25) is 5.02 Å². The first-order valence-electron chi connectivity index (χ1n) is 5.32. The van der Waals surface area contributed by atoms with E-state index < -0.39 is 5.82 Å². The fourth-order valence-corrected chi connectivity index (χ4v) is 2.76. The summed E-state index contributed by atoms with van der Waals surface area (Å²) in [4.78, 5) is 2.38. The van der Waals surface area contributed by atoms with E-state index in [2.05, 4.69) is 13.0 Å². The Kier molecular flexibility index (Phi) is 3.82. The minimum absolute atomic E-state index is 0.0600. The van der Waals surface area contributed by atoms with Gasteiger partial charge < -0.3 is 5.73 Å². The number of rotatable bonds is 3. The molecule has 2 aromatic rings. The van der Waals surface area contributed by atoms with Gasteiger partial charge in [-0.15, -0.1) is 11.3 Å². The molecule has 4 heteroatoms. The Morgan fingerprint density at radius 1 is 1.35 bits per heavy atom. The molecule has 2 N–H and O–H groups in total. The molecule has 2 rings (SSSR count). The predicted molar refractivity (Wildman–Crippen MR) is 71.1 cm³/mol. The van der Waals surface area contributed by atoms with Crippen LogP contribution < -0.4 is 5.73 Å². The van der Waals surface area contributed by atoms with E-state index in [1.165, 1.54) is 10.9 Å². The molecule has 0 fully saturated rings. The second-order valence-corrected chi connectivity index (χ2v) is 5.73. The second-order valence-electron chi connectivity index (χ2n) is 4.01. The average molecular weight is 270 g/mol. The zero-order chi connectivity index (χ0) is 12.4. The first kappa shape index (κ1) is 12.6. The van der Waals surface area contributed by atoms with Gasteiger partial charge in [0.05, 0.1) is 5.02 Å². The molecule has 0 spiro atoms. The van der Waals surface area contributed by atoms with E-state index >= 15 is 0 Å². The van der Waals surface area contributed by atoms with Crippen LogP contribution in [0.3, 0.4) is 0 Å². The van der Waals surface area contributed by atoms with E-state index in [4.69, 9.17) is 17.3 Å². The van der Waals surface area contributed by atoms with Crippen LogP contribution in [0.5, 0.6) is 0 Å². The Labute approximate surface area is 109 Å². The van der Waals surface area contributed by atoms with Crippen molar-refractivity contribution >= 4 is 22.9 Å². The number of hydrogen-bond acceptors (Lipinski definition) is 2. The molecule has 0 saturated heterocycles. The number of benzene rings is 1. The lowest BCUT2D eigenvalue weighted by molar-refractivity contribution is 0.626. The Morgan fingerprint density at radius 2 is 2.12 bits per heavy atom. The summed E-state index contributed by atoms with van der Waals surface area (Å²) >= 11 is 7.42. The second kappa shape index (κ2) is 5.17. The minimum atomic E-state index is -0.393. The third kappa shape index (κ3) is 3.06. The number of halogens is 2. The molecule has 1 unspecified atom stereocenters. The number of hydrogen-bond donors (Lipinski definition) is 1. The summed E-state index contributed by atoms with van der Waals surface area (Å²) < 4.78 is 13.0. The van der Waals surface area contributed by atoms with Gasteiger partial charge >= 0.3 is 0 Å². The van der Waals surface area contributed by atoms with Crippen LogP contribution in [-0.2, 0) is 6.42 Å². The van der Waals surface area contributed by atoms with Crippen molar-refractivity contribution < 1.29 is 4.39 Å². The van der Waals surface area contributed by atoms with Gasteiger partial charge in [-0.3, -0.25) is 0 Å². The lowest BCUT2D eigenvalue weighted by atomic mass is 10.1. The normalized spacial score (nSPS) is 12.7. The smallest absolute Gasteiger partial charge is 0.141 e. The van der Waals surface area contributed by atoms with Crippen molar-refractivity contribution in [3.8, 4) is 0 Å². The van der Waals surface area contributed by atoms with Gasteiger partial charge in [0.2, 0.25) is 0 Å². The van der Waals surface area contributed by atoms with E-state index in [0.29, 0.717) is 6.42 Å². The molecule has 1 aromatic carbocycles. The largest absolute Gasteiger partial charge is 0.323 e. The van der Waals surface area contributed by atoms with Crippen molar-refractivity contribution in [3.05, 3.63) is 56.5 Å². The molecule has 0 bridgehead atoms. The summed E-state index contributed by atoms with van der Waals surface area (Å²) in [5, 5.41) is 0.150. The highest BCUT2D eigenvalue weighted by Crippen LogP contribution is 2.25. The van der Waals surface area contributed by atoms with Crippen LogP contribution in [0.4, 0.5) is 4.39 Å². The topological polar surface area (TPSA) is 26.0 Å². The van der Waals surface area contributed by atoms with Crippen LogP contribution in [0.1, 0.15) is 21.4 Å². The molecule has 17 heavy (non-hydrogen) atoms. The zero-order valence-corrected chi connectivity index (χ0v) is 11.0. The molecule has 1 heterocycles. The lowest BCUT2D eigenvalue weighted by Gasteiger charge is -2.10. The summed E-state index contributed by atoms with van der Waals surface area (Å²) in [6.07, 6.45) is 0.667. The van der Waals surface area contributed by atoms with E-state index in [-0.39, 0.29) is 11.1 Å². The Morgan fingerprint density at radius 3 is 2.71 bits per heavy atom. The quantitative estimate of drug-likeness (QED) is 0.892. The average Bonchev–Trinajstić information content (AvgIpc) is 2.70. The van der Waals surface area contributed by atoms with E-state index in [1.54, 1.807) is 23.5 Å². The molecule has 0 saturated carbocycles. The first-order valence-corrected chi connectivity index (χ1v) is 6.51. The maximum absolute atomic E-state index is 13.0. The van der Waals surface area contributed by atoms with Gasteiger partial charge in [-0.2, -0.15) is 0 Å². The molecule has 1 atom stereocenters. The molecule has 0 aliphatic carbocycles. The number of aryl methyl sites for hydroxylation is 1. The number of thiophene rings is 1. The van der Waals surface area contributed by atoms with Gasteiger partial charge in [0, 0.05) is 15.8 Å². The molecule has 0 aliphatic rings. The fraction of sp³-hybridized carbons (Fsp3) is 0.231. The fourth-order valence-electron chi connectivity index (χ4n) is 1.67. The highest BCUT2D eigenvalue weighted by Gasteiger charge is 2.10. The van der Waals surface area contributed by atoms with E-state index in [9.17, 15) is 4.39 Å². The zero-order valence-electron chi connectivity index (χ0n) is 9.41. The van der Waals surface area contributed by atoms with Crippen molar-refractivity contribution in [1.82, 2.24) is 0 Å². The molecule has 1 aromatic heterocycles. The molecular weight excluding hydrogens is 257 g/mol. The molecular formula is C13H13ClFNS. The van der Waals surface area contributed by atoms with Gasteiger partial charge in [0.1, 0.15) is 5.82 Å². The minimum Gasteiger partial charge on any atom is -0.323 e. The Hall–Kier alpha value is -0.900.